The average Bonchev–Trinajstić information content (AvgIpc) is 3.06. The van der Waals surface area contributed by atoms with E-state index >= 15 is 0 Å². The van der Waals surface area contributed by atoms with E-state index in [1.54, 1.807) is 12.1 Å². The third kappa shape index (κ3) is 2.60. The summed E-state index contributed by atoms with van der Waals surface area (Å²) in [7, 11) is 0. The Morgan fingerprint density at radius 3 is 2.43 bits per heavy atom. The van der Waals surface area contributed by atoms with E-state index in [9.17, 15) is 9.90 Å². The number of aromatic nitrogens is 2. The molecule has 1 fully saturated rings. The van der Waals surface area contributed by atoms with Gasteiger partial charge in [-0.1, -0.05) is 55.0 Å². The van der Waals surface area contributed by atoms with Gasteiger partial charge in [0.25, 0.3) is 5.65 Å². The molecule has 5 rings (SSSR count). The van der Waals surface area contributed by atoms with Gasteiger partial charge in [-0.3, -0.25) is 4.79 Å². The molecule has 140 valence electrons. The summed E-state index contributed by atoms with van der Waals surface area (Å²) < 4.78 is 3.71. The van der Waals surface area contributed by atoms with Crippen LogP contribution >= 0.6 is 0 Å². The molecule has 0 spiro atoms. The van der Waals surface area contributed by atoms with Crippen molar-refractivity contribution in [1.29, 1.82) is 0 Å². The maximum absolute atomic E-state index is 13.6. The van der Waals surface area contributed by atoms with Crippen LogP contribution in [0.4, 0.5) is 0 Å². The normalized spacial score (nSPS) is 15.3. The van der Waals surface area contributed by atoms with Gasteiger partial charge in [-0.05, 0) is 43.2 Å². The summed E-state index contributed by atoms with van der Waals surface area (Å²) in [5.41, 5.74) is 1.62. The van der Waals surface area contributed by atoms with Gasteiger partial charge in [-0.2, -0.15) is 4.40 Å². The summed E-state index contributed by atoms with van der Waals surface area (Å²) >= 11 is 0. The molecule has 0 N–H and O–H groups in total. The summed E-state index contributed by atoms with van der Waals surface area (Å²) in [6, 6.07) is 19.3. The van der Waals surface area contributed by atoms with Crippen LogP contribution < -0.4 is 9.67 Å². The molecule has 1 aliphatic carbocycles. The summed E-state index contributed by atoms with van der Waals surface area (Å²) in [4.78, 5) is 13.3. The lowest BCUT2D eigenvalue weighted by Crippen LogP contribution is -2.42. The topological polar surface area (TPSA) is 48.4 Å². The number of benzene rings is 2. The SMILES string of the molecule is O=C(c1ccccc1)c1c([O-])[n+](C2CCCCC2)c2c3ccccc3ccn12. The molecule has 0 radical (unpaired) electrons. The summed E-state index contributed by atoms with van der Waals surface area (Å²) in [5.74, 6) is -0.387. The first kappa shape index (κ1) is 17.0. The van der Waals surface area contributed by atoms with Crippen LogP contribution in [0, 0.1) is 0 Å². The van der Waals surface area contributed by atoms with Gasteiger partial charge in [-0.15, -0.1) is 0 Å². The minimum Gasteiger partial charge on any atom is -0.839 e. The van der Waals surface area contributed by atoms with Crippen LogP contribution in [-0.2, 0) is 0 Å². The molecule has 0 bridgehead atoms. The largest absolute Gasteiger partial charge is 0.839 e. The second kappa shape index (κ2) is 6.79. The van der Waals surface area contributed by atoms with Gasteiger partial charge in [0.1, 0.15) is 11.9 Å². The fraction of sp³-hybridized carbons (Fsp3) is 0.250. The van der Waals surface area contributed by atoms with Crippen LogP contribution in [0.3, 0.4) is 0 Å². The van der Waals surface area contributed by atoms with Crippen molar-refractivity contribution in [2.24, 2.45) is 0 Å². The molecule has 1 aliphatic rings. The van der Waals surface area contributed by atoms with Crippen molar-refractivity contribution >= 4 is 22.2 Å². The molecular weight excluding hydrogens is 348 g/mol. The van der Waals surface area contributed by atoms with Gasteiger partial charge < -0.3 is 5.11 Å². The molecule has 28 heavy (non-hydrogen) atoms. The van der Waals surface area contributed by atoms with Gasteiger partial charge in [0.05, 0.1) is 11.6 Å². The number of carbonyl (C=O) groups excluding carboxylic acids is 1. The molecule has 0 unspecified atom stereocenters. The van der Waals surface area contributed by atoms with E-state index in [0.29, 0.717) is 5.56 Å². The van der Waals surface area contributed by atoms with E-state index in [1.807, 2.05) is 57.6 Å². The first-order valence-corrected chi connectivity index (χ1v) is 10.00. The molecule has 0 saturated heterocycles. The van der Waals surface area contributed by atoms with E-state index in [1.165, 1.54) is 6.42 Å². The molecule has 0 aliphatic heterocycles. The predicted octanol–water partition coefficient (Wildman–Crippen LogP) is 4.19. The molecule has 4 heteroatoms. The van der Waals surface area contributed by atoms with Crippen LogP contribution in [0.1, 0.15) is 54.2 Å². The smallest absolute Gasteiger partial charge is 0.294 e. The number of fused-ring (bicyclic) bond motifs is 3. The van der Waals surface area contributed by atoms with Crippen molar-refractivity contribution < 1.29 is 14.5 Å². The zero-order valence-corrected chi connectivity index (χ0v) is 15.7. The zero-order chi connectivity index (χ0) is 19.1. The highest BCUT2D eigenvalue weighted by atomic mass is 16.3. The summed E-state index contributed by atoms with van der Waals surface area (Å²) in [6.07, 6.45) is 7.31. The fourth-order valence-corrected chi connectivity index (χ4v) is 4.55. The second-order valence-corrected chi connectivity index (χ2v) is 7.61. The summed E-state index contributed by atoms with van der Waals surface area (Å²) in [6.45, 7) is 0. The average molecular weight is 370 g/mol. The van der Waals surface area contributed by atoms with Crippen LogP contribution in [0.15, 0.2) is 66.9 Å². The first-order valence-electron chi connectivity index (χ1n) is 10.00. The number of pyridine rings is 1. The molecule has 2 aromatic carbocycles. The third-order valence-corrected chi connectivity index (χ3v) is 5.91. The Kier molecular flexibility index (Phi) is 4.12. The number of imidazole rings is 1. The molecule has 2 aromatic heterocycles. The standard InChI is InChI=1S/C24H22N2O2/c27-22(18-10-3-1-4-11-18)21-24(28)26(19-12-5-2-6-13-19)23-20-14-8-7-9-17(20)15-16-25(21)23/h1,3-4,7-11,14-16,19H,2,5-6,12-13H2. The Bertz CT molecular complexity index is 1170. The Balaban J connectivity index is 1.83. The molecule has 4 nitrogen and oxygen atoms in total. The number of hydrogen-bond acceptors (Lipinski definition) is 2. The lowest BCUT2D eigenvalue weighted by molar-refractivity contribution is -0.736. The van der Waals surface area contributed by atoms with Crippen molar-refractivity contribution in [3.05, 3.63) is 78.1 Å². The van der Waals surface area contributed by atoms with E-state index in [4.69, 9.17) is 0 Å². The molecule has 1 saturated carbocycles. The number of nitrogens with zero attached hydrogens (tertiary/aromatic N) is 2. The van der Waals surface area contributed by atoms with Crippen molar-refractivity contribution in [3.8, 4) is 5.88 Å². The Morgan fingerprint density at radius 2 is 1.64 bits per heavy atom. The first-order chi connectivity index (χ1) is 13.8. The van der Waals surface area contributed by atoms with E-state index in [0.717, 1.165) is 42.1 Å². The lowest BCUT2D eigenvalue weighted by Gasteiger charge is -2.22. The van der Waals surface area contributed by atoms with Gasteiger partial charge in [0.15, 0.2) is 0 Å². The fourth-order valence-electron chi connectivity index (χ4n) is 4.55. The van der Waals surface area contributed by atoms with Gasteiger partial charge in [-0.25, -0.2) is 4.57 Å². The molecule has 0 atom stereocenters. The highest BCUT2D eigenvalue weighted by Gasteiger charge is 2.32. The van der Waals surface area contributed by atoms with E-state index in [-0.39, 0.29) is 23.4 Å². The second-order valence-electron chi connectivity index (χ2n) is 7.61. The maximum atomic E-state index is 13.6. The Hall–Kier alpha value is -3.14. The predicted molar refractivity (Wildman–Crippen MR) is 107 cm³/mol. The van der Waals surface area contributed by atoms with Crippen molar-refractivity contribution in [3.63, 3.8) is 0 Å². The van der Waals surface area contributed by atoms with Crippen molar-refractivity contribution in [1.82, 2.24) is 4.40 Å². The van der Waals surface area contributed by atoms with Crippen LogP contribution in [0.25, 0.3) is 16.4 Å². The Morgan fingerprint density at radius 1 is 0.929 bits per heavy atom. The van der Waals surface area contributed by atoms with Gasteiger partial charge >= 0.3 is 0 Å². The molecule has 4 aromatic rings. The quantitative estimate of drug-likeness (QED) is 0.401. The van der Waals surface area contributed by atoms with Gasteiger partial charge in [0, 0.05) is 5.56 Å². The van der Waals surface area contributed by atoms with E-state index < -0.39 is 0 Å². The lowest BCUT2D eigenvalue weighted by atomic mass is 9.95. The molecular formula is C24H22N2O2. The monoisotopic (exact) mass is 370 g/mol. The van der Waals surface area contributed by atoms with Crippen LogP contribution in [0.5, 0.6) is 5.88 Å². The number of carbonyl (C=O) groups is 1. The minimum atomic E-state index is -0.217. The van der Waals surface area contributed by atoms with Crippen LogP contribution in [0.2, 0.25) is 0 Å². The number of ketones is 1. The van der Waals surface area contributed by atoms with Crippen molar-refractivity contribution in [2.45, 2.75) is 38.1 Å². The van der Waals surface area contributed by atoms with Crippen molar-refractivity contribution in [2.75, 3.05) is 0 Å². The Labute approximate surface area is 163 Å². The third-order valence-electron chi connectivity index (χ3n) is 5.91. The van der Waals surface area contributed by atoms with Crippen LogP contribution in [-0.4, -0.2) is 10.2 Å². The molecule has 2 heterocycles. The maximum Gasteiger partial charge on any atom is 0.294 e. The molecule has 0 amide bonds. The summed E-state index contributed by atoms with van der Waals surface area (Å²) in [5, 5.41) is 15.7. The minimum absolute atomic E-state index is 0.152. The van der Waals surface area contributed by atoms with Gasteiger partial charge in [0.2, 0.25) is 11.5 Å². The highest BCUT2D eigenvalue weighted by molar-refractivity contribution is 6.10. The van der Waals surface area contributed by atoms with E-state index in [2.05, 4.69) is 6.07 Å². The number of rotatable bonds is 3. The number of hydrogen-bond donors (Lipinski definition) is 0. The zero-order valence-electron chi connectivity index (χ0n) is 15.7. The highest BCUT2D eigenvalue weighted by Crippen LogP contribution is 2.31.